The summed E-state index contributed by atoms with van der Waals surface area (Å²) in [5, 5.41) is 13.8. The molecule has 3 aromatic carbocycles. The number of hydrogen-bond donors (Lipinski definition) is 1. The van der Waals surface area contributed by atoms with Crippen LogP contribution in [0.1, 0.15) is 22.3 Å². The molecule has 3 aromatic rings. The minimum absolute atomic E-state index is 0.0531. The Bertz CT molecular complexity index is 1360. The van der Waals surface area contributed by atoms with Gasteiger partial charge in [-0.2, -0.15) is 5.26 Å². The number of halogens is 4. The van der Waals surface area contributed by atoms with Gasteiger partial charge in [0.05, 0.1) is 14.5 Å². The molecular formula is C27H20BrCl3N2O2. The molecule has 35 heavy (non-hydrogen) atoms. The number of ether oxygens (including phenoxy) is 1. The van der Waals surface area contributed by atoms with E-state index in [1.807, 2.05) is 25.1 Å². The van der Waals surface area contributed by atoms with Gasteiger partial charge in [-0.3, -0.25) is 4.79 Å². The number of amides is 1. The highest BCUT2D eigenvalue weighted by Crippen LogP contribution is 2.34. The molecule has 0 saturated carbocycles. The summed E-state index contributed by atoms with van der Waals surface area (Å²) in [5.74, 6) is 0.0964. The number of nitriles is 1. The van der Waals surface area contributed by atoms with Crippen LogP contribution in [-0.4, -0.2) is 5.91 Å². The number of anilines is 1. The number of nitrogens with one attached hydrogen (secondary N) is 1. The van der Waals surface area contributed by atoms with Crippen molar-refractivity contribution in [1.29, 1.82) is 5.26 Å². The lowest BCUT2D eigenvalue weighted by Gasteiger charge is -2.14. The molecule has 0 bridgehead atoms. The van der Waals surface area contributed by atoms with Crippen LogP contribution in [0.15, 0.2) is 71.2 Å². The molecule has 0 fully saturated rings. The van der Waals surface area contributed by atoms with Crippen molar-refractivity contribution >= 4 is 68.4 Å². The van der Waals surface area contributed by atoms with Crippen LogP contribution in [0.2, 0.25) is 15.1 Å². The van der Waals surface area contributed by atoms with Crippen LogP contribution in [0, 0.1) is 18.3 Å². The second-order valence-corrected chi connectivity index (χ2v) is 9.68. The van der Waals surface area contributed by atoms with E-state index in [0.717, 1.165) is 16.7 Å². The quantitative estimate of drug-likeness (QED) is 0.162. The van der Waals surface area contributed by atoms with Gasteiger partial charge in [0, 0.05) is 10.7 Å². The lowest BCUT2D eigenvalue weighted by atomic mass is 10.0. The van der Waals surface area contributed by atoms with Gasteiger partial charge in [-0.25, -0.2) is 0 Å². The Morgan fingerprint density at radius 2 is 1.89 bits per heavy atom. The molecule has 0 saturated heterocycles. The molecule has 1 N–H and O–H groups in total. The zero-order chi connectivity index (χ0) is 25.5. The summed E-state index contributed by atoms with van der Waals surface area (Å²) in [6.07, 6.45) is 3.79. The van der Waals surface area contributed by atoms with E-state index in [4.69, 9.17) is 39.5 Å². The van der Waals surface area contributed by atoms with E-state index < -0.39 is 5.91 Å². The normalized spacial score (nSPS) is 11.0. The zero-order valence-corrected chi connectivity index (χ0v) is 22.5. The summed E-state index contributed by atoms with van der Waals surface area (Å²) >= 11 is 21.8. The Kier molecular flexibility index (Phi) is 9.42. The van der Waals surface area contributed by atoms with Gasteiger partial charge >= 0.3 is 0 Å². The number of aryl methyl sites for hydroxylation is 1. The first-order valence-electron chi connectivity index (χ1n) is 10.4. The smallest absolute Gasteiger partial charge is 0.266 e. The molecule has 0 spiro atoms. The Balaban J connectivity index is 1.85. The van der Waals surface area contributed by atoms with Crippen LogP contribution < -0.4 is 10.1 Å². The Morgan fingerprint density at radius 3 is 2.54 bits per heavy atom. The maximum Gasteiger partial charge on any atom is 0.266 e. The monoisotopic (exact) mass is 588 g/mol. The van der Waals surface area contributed by atoms with Gasteiger partial charge in [-0.1, -0.05) is 53.0 Å². The fourth-order valence-corrected chi connectivity index (χ4v) is 4.33. The van der Waals surface area contributed by atoms with Crippen LogP contribution in [0.3, 0.4) is 0 Å². The van der Waals surface area contributed by atoms with Gasteiger partial charge in [0.25, 0.3) is 5.91 Å². The topological polar surface area (TPSA) is 62.1 Å². The van der Waals surface area contributed by atoms with Gasteiger partial charge < -0.3 is 10.1 Å². The molecule has 0 heterocycles. The third-order valence-electron chi connectivity index (χ3n) is 4.98. The molecule has 0 atom stereocenters. The zero-order valence-electron chi connectivity index (χ0n) is 18.7. The van der Waals surface area contributed by atoms with Crippen LogP contribution in [-0.2, 0) is 17.8 Å². The van der Waals surface area contributed by atoms with Crippen molar-refractivity contribution in [1.82, 2.24) is 0 Å². The standard InChI is InChI=1S/C27H20BrCl3N2O2/c1-3-4-19-9-18(10-20(14-32)27(34)33-21-7-5-16(2)24(30)13-21)11-22(28)26(19)35-15-17-6-8-23(29)25(31)12-17/h3,5-13H,1,4,15H2,2H3,(H,33,34)/b20-10-. The third kappa shape index (κ3) is 7.13. The largest absolute Gasteiger partial charge is 0.487 e. The van der Waals surface area contributed by atoms with E-state index in [1.54, 1.807) is 42.5 Å². The third-order valence-corrected chi connectivity index (χ3v) is 6.72. The van der Waals surface area contributed by atoms with Crippen molar-refractivity contribution in [3.05, 3.63) is 109 Å². The molecule has 0 aliphatic carbocycles. The number of rotatable bonds is 8. The SMILES string of the molecule is C=CCc1cc(/C=C(/C#N)C(=O)Nc2ccc(C)c(Cl)c2)cc(Br)c1OCc1ccc(Cl)c(Cl)c1. The molecule has 0 aliphatic rings. The van der Waals surface area contributed by atoms with E-state index in [1.165, 1.54) is 6.08 Å². The van der Waals surface area contributed by atoms with Crippen molar-refractivity contribution in [3.63, 3.8) is 0 Å². The van der Waals surface area contributed by atoms with E-state index >= 15 is 0 Å². The lowest BCUT2D eigenvalue weighted by molar-refractivity contribution is -0.112. The summed E-state index contributed by atoms with van der Waals surface area (Å²) in [6.45, 7) is 5.96. The maximum atomic E-state index is 12.7. The number of allylic oxidation sites excluding steroid dienone is 1. The van der Waals surface area contributed by atoms with E-state index in [2.05, 4.69) is 27.8 Å². The molecule has 178 valence electrons. The first-order valence-corrected chi connectivity index (χ1v) is 12.3. The molecule has 0 aromatic heterocycles. The summed E-state index contributed by atoms with van der Waals surface area (Å²) < 4.78 is 6.73. The van der Waals surface area contributed by atoms with Crippen molar-refractivity contribution in [2.75, 3.05) is 5.32 Å². The Morgan fingerprint density at radius 1 is 1.11 bits per heavy atom. The van der Waals surface area contributed by atoms with Crippen LogP contribution in [0.25, 0.3) is 6.08 Å². The molecular weight excluding hydrogens is 571 g/mol. The average Bonchev–Trinajstić information content (AvgIpc) is 2.81. The minimum atomic E-state index is -0.534. The molecule has 0 unspecified atom stereocenters. The van der Waals surface area contributed by atoms with E-state index in [-0.39, 0.29) is 12.2 Å². The van der Waals surface area contributed by atoms with E-state index in [9.17, 15) is 10.1 Å². The number of benzene rings is 3. The fourth-order valence-electron chi connectivity index (χ4n) is 3.19. The van der Waals surface area contributed by atoms with E-state index in [0.29, 0.717) is 43.0 Å². The first-order chi connectivity index (χ1) is 16.7. The van der Waals surface area contributed by atoms with Crippen LogP contribution in [0.4, 0.5) is 5.69 Å². The molecule has 4 nitrogen and oxygen atoms in total. The number of nitrogens with zero attached hydrogens (tertiary/aromatic N) is 1. The highest BCUT2D eigenvalue weighted by molar-refractivity contribution is 9.10. The molecule has 1 amide bonds. The van der Waals surface area contributed by atoms with Gasteiger partial charge in [-0.15, -0.1) is 6.58 Å². The summed E-state index contributed by atoms with van der Waals surface area (Å²) in [4.78, 5) is 12.7. The van der Waals surface area contributed by atoms with Crippen molar-refractivity contribution in [2.45, 2.75) is 20.0 Å². The van der Waals surface area contributed by atoms with Gasteiger partial charge in [-0.05, 0) is 94.0 Å². The predicted octanol–water partition coefficient (Wildman–Crippen LogP) is 8.57. The average molecular weight is 591 g/mol. The van der Waals surface area contributed by atoms with Crippen molar-refractivity contribution in [3.8, 4) is 11.8 Å². The number of hydrogen-bond acceptors (Lipinski definition) is 3. The molecule has 3 rings (SSSR count). The van der Waals surface area contributed by atoms with Crippen LogP contribution >= 0.6 is 50.7 Å². The second-order valence-electron chi connectivity index (χ2n) is 7.61. The molecule has 8 heteroatoms. The fraction of sp³-hybridized carbons (Fsp3) is 0.111. The van der Waals surface area contributed by atoms with Crippen LogP contribution in [0.5, 0.6) is 5.75 Å². The van der Waals surface area contributed by atoms with Gasteiger partial charge in [0.15, 0.2) is 0 Å². The Hall–Kier alpha value is -2.75. The molecule has 0 aliphatic heterocycles. The Labute approximate surface area is 227 Å². The highest BCUT2D eigenvalue weighted by Gasteiger charge is 2.14. The summed E-state index contributed by atoms with van der Waals surface area (Å²) in [7, 11) is 0. The summed E-state index contributed by atoms with van der Waals surface area (Å²) in [5.41, 5.74) is 3.70. The lowest BCUT2D eigenvalue weighted by Crippen LogP contribution is -2.13. The first kappa shape index (κ1) is 26.8. The summed E-state index contributed by atoms with van der Waals surface area (Å²) in [6, 6.07) is 16.1. The van der Waals surface area contributed by atoms with Crippen molar-refractivity contribution in [2.24, 2.45) is 0 Å². The molecule has 0 radical (unpaired) electrons. The number of carbonyl (C=O) groups excluding carboxylic acids is 1. The van der Waals surface area contributed by atoms with Gasteiger partial charge in [0.1, 0.15) is 24.0 Å². The van der Waals surface area contributed by atoms with Crippen molar-refractivity contribution < 1.29 is 9.53 Å². The number of carbonyl (C=O) groups is 1. The second kappa shape index (κ2) is 12.3. The maximum absolute atomic E-state index is 12.7. The van der Waals surface area contributed by atoms with Gasteiger partial charge in [0.2, 0.25) is 0 Å². The minimum Gasteiger partial charge on any atom is -0.487 e. The highest BCUT2D eigenvalue weighted by atomic mass is 79.9. The predicted molar refractivity (Wildman–Crippen MR) is 147 cm³/mol.